The van der Waals surface area contributed by atoms with Crippen molar-refractivity contribution in [3.05, 3.63) is 78.5 Å². The van der Waals surface area contributed by atoms with E-state index < -0.39 is 0 Å². The lowest BCUT2D eigenvalue weighted by Gasteiger charge is -2.16. The summed E-state index contributed by atoms with van der Waals surface area (Å²) in [7, 11) is 0. The molecule has 0 aliphatic carbocycles. The molecule has 0 saturated carbocycles. The van der Waals surface area contributed by atoms with Gasteiger partial charge in [-0.2, -0.15) is 0 Å². The van der Waals surface area contributed by atoms with Crippen molar-refractivity contribution in [1.82, 2.24) is 19.9 Å². The molecule has 2 N–H and O–H groups in total. The van der Waals surface area contributed by atoms with Crippen LogP contribution in [0.5, 0.6) is 5.75 Å². The second-order valence-electron chi connectivity index (χ2n) is 6.05. The first kappa shape index (κ1) is 16.1. The number of rotatable bonds is 6. The maximum atomic E-state index is 5.81. The third-order valence-electron chi connectivity index (χ3n) is 4.22. The van der Waals surface area contributed by atoms with E-state index in [1.165, 1.54) is 0 Å². The molecule has 3 heterocycles. The normalized spacial score (nSPS) is 12.0. The van der Waals surface area contributed by atoms with Gasteiger partial charge in [-0.25, -0.2) is 9.97 Å². The van der Waals surface area contributed by atoms with E-state index in [4.69, 9.17) is 4.74 Å². The van der Waals surface area contributed by atoms with Crippen molar-refractivity contribution in [3.8, 4) is 5.75 Å². The van der Waals surface area contributed by atoms with Crippen LogP contribution >= 0.6 is 0 Å². The van der Waals surface area contributed by atoms with Crippen molar-refractivity contribution in [3.63, 3.8) is 0 Å². The number of aromatic nitrogens is 4. The highest BCUT2D eigenvalue weighted by atomic mass is 16.5. The van der Waals surface area contributed by atoms with Crippen molar-refractivity contribution in [2.75, 3.05) is 5.32 Å². The standard InChI is InChI=1S/C20H19N5O/c1-14(25-20-18-8-10-22-19(18)23-13-24-20)16-4-6-17(7-5-16)26-12-15-3-2-9-21-11-15/h2-11,13-14H,12H2,1H3,(H2,22,23,24,25)/t14-/m0/s1. The Hall–Kier alpha value is -3.41. The van der Waals surface area contributed by atoms with Crippen molar-refractivity contribution in [1.29, 1.82) is 0 Å². The number of ether oxygens (including phenoxy) is 1. The van der Waals surface area contributed by atoms with Gasteiger partial charge >= 0.3 is 0 Å². The van der Waals surface area contributed by atoms with Gasteiger partial charge in [0.2, 0.25) is 0 Å². The number of nitrogens with zero attached hydrogens (tertiary/aromatic N) is 3. The molecule has 0 unspecified atom stereocenters. The summed E-state index contributed by atoms with van der Waals surface area (Å²) in [5.41, 5.74) is 3.03. The van der Waals surface area contributed by atoms with E-state index in [2.05, 4.69) is 44.3 Å². The Bertz CT molecular complexity index is 982. The molecule has 0 radical (unpaired) electrons. The fourth-order valence-corrected chi connectivity index (χ4v) is 2.78. The predicted octanol–water partition coefficient (Wildman–Crippen LogP) is 4.11. The predicted molar refractivity (Wildman–Crippen MR) is 101 cm³/mol. The maximum absolute atomic E-state index is 5.81. The minimum atomic E-state index is 0.107. The molecular weight excluding hydrogens is 326 g/mol. The van der Waals surface area contributed by atoms with Crippen LogP contribution in [-0.4, -0.2) is 19.9 Å². The van der Waals surface area contributed by atoms with Crippen LogP contribution < -0.4 is 10.1 Å². The van der Waals surface area contributed by atoms with Gasteiger partial charge in [-0.05, 0) is 36.8 Å². The van der Waals surface area contributed by atoms with Gasteiger partial charge in [0.05, 0.1) is 5.39 Å². The number of hydrogen-bond donors (Lipinski definition) is 2. The van der Waals surface area contributed by atoms with Gasteiger partial charge in [-0.15, -0.1) is 0 Å². The summed E-state index contributed by atoms with van der Waals surface area (Å²) < 4.78 is 5.81. The molecule has 26 heavy (non-hydrogen) atoms. The lowest BCUT2D eigenvalue weighted by molar-refractivity contribution is 0.305. The van der Waals surface area contributed by atoms with Crippen LogP contribution in [0.2, 0.25) is 0 Å². The average molecular weight is 345 g/mol. The second-order valence-corrected chi connectivity index (χ2v) is 6.05. The SMILES string of the molecule is C[C@H](Nc1ncnc2[nH]ccc12)c1ccc(OCc2cccnc2)cc1. The van der Waals surface area contributed by atoms with Crippen molar-refractivity contribution >= 4 is 16.9 Å². The van der Waals surface area contributed by atoms with Gasteiger partial charge in [-0.1, -0.05) is 18.2 Å². The van der Waals surface area contributed by atoms with Crippen molar-refractivity contribution < 1.29 is 4.74 Å². The van der Waals surface area contributed by atoms with Gasteiger partial charge in [0.15, 0.2) is 0 Å². The zero-order valence-corrected chi connectivity index (χ0v) is 14.4. The fourth-order valence-electron chi connectivity index (χ4n) is 2.78. The lowest BCUT2D eigenvalue weighted by Crippen LogP contribution is -2.08. The molecule has 0 saturated heterocycles. The minimum absolute atomic E-state index is 0.107. The molecule has 0 amide bonds. The van der Waals surface area contributed by atoms with Crippen LogP contribution in [0.25, 0.3) is 11.0 Å². The first-order valence-electron chi connectivity index (χ1n) is 8.46. The first-order valence-corrected chi connectivity index (χ1v) is 8.46. The van der Waals surface area contributed by atoms with Crippen molar-refractivity contribution in [2.24, 2.45) is 0 Å². The Kier molecular flexibility index (Phi) is 4.47. The molecule has 6 nitrogen and oxygen atoms in total. The summed E-state index contributed by atoms with van der Waals surface area (Å²) in [6, 6.07) is 14.1. The van der Waals surface area contributed by atoms with Gasteiger partial charge in [-0.3, -0.25) is 4.98 Å². The number of hydrogen-bond acceptors (Lipinski definition) is 5. The van der Waals surface area contributed by atoms with Crippen LogP contribution in [0.1, 0.15) is 24.1 Å². The van der Waals surface area contributed by atoms with Crippen LogP contribution in [0.3, 0.4) is 0 Å². The van der Waals surface area contributed by atoms with Gasteiger partial charge < -0.3 is 15.0 Å². The van der Waals surface area contributed by atoms with Gasteiger partial charge in [0.25, 0.3) is 0 Å². The van der Waals surface area contributed by atoms with E-state index in [9.17, 15) is 0 Å². The van der Waals surface area contributed by atoms with Crippen LogP contribution in [-0.2, 0) is 6.61 Å². The van der Waals surface area contributed by atoms with Gasteiger partial charge in [0.1, 0.15) is 30.1 Å². The minimum Gasteiger partial charge on any atom is -0.489 e. The molecule has 6 heteroatoms. The number of pyridine rings is 1. The maximum Gasteiger partial charge on any atom is 0.142 e. The van der Waals surface area contributed by atoms with Crippen molar-refractivity contribution in [2.45, 2.75) is 19.6 Å². The van der Waals surface area contributed by atoms with Crippen LogP contribution in [0.15, 0.2) is 67.4 Å². The van der Waals surface area contributed by atoms with Crippen LogP contribution in [0.4, 0.5) is 5.82 Å². The zero-order valence-electron chi connectivity index (χ0n) is 14.4. The van der Waals surface area contributed by atoms with E-state index >= 15 is 0 Å². The van der Waals surface area contributed by atoms with E-state index in [1.54, 1.807) is 12.5 Å². The van der Waals surface area contributed by atoms with E-state index in [0.717, 1.165) is 33.7 Å². The quantitative estimate of drug-likeness (QED) is 0.550. The molecule has 0 aliphatic rings. The smallest absolute Gasteiger partial charge is 0.142 e. The largest absolute Gasteiger partial charge is 0.489 e. The fraction of sp³-hybridized carbons (Fsp3) is 0.150. The molecule has 3 aromatic heterocycles. The number of anilines is 1. The summed E-state index contributed by atoms with van der Waals surface area (Å²) >= 11 is 0. The lowest BCUT2D eigenvalue weighted by atomic mass is 10.1. The molecule has 0 spiro atoms. The van der Waals surface area contributed by atoms with Gasteiger partial charge in [0, 0.05) is 30.2 Å². The summed E-state index contributed by atoms with van der Waals surface area (Å²) in [5.74, 6) is 1.65. The second kappa shape index (κ2) is 7.23. The third kappa shape index (κ3) is 3.49. The summed E-state index contributed by atoms with van der Waals surface area (Å²) in [4.78, 5) is 15.8. The zero-order chi connectivity index (χ0) is 17.8. The van der Waals surface area contributed by atoms with E-state index in [0.29, 0.717) is 6.61 Å². The Labute approximate surface area is 151 Å². The number of aromatic amines is 1. The highest BCUT2D eigenvalue weighted by Crippen LogP contribution is 2.24. The summed E-state index contributed by atoms with van der Waals surface area (Å²) in [6.45, 7) is 2.61. The Morgan fingerprint density at radius 1 is 1.12 bits per heavy atom. The topological polar surface area (TPSA) is 75.7 Å². The van der Waals surface area contributed by atoms with E-state index in [-0.39, 0.29) is 6.04 Å². The Morgan fingerprint density at radius 2 is 2.00 bits per heavy atom. The number of fused-ring (bicyclic) bond motifs is 1. The molecule has 4 aromatic rings. The third-order valence-corrected chi connectivity index (χ3v) is 4.22. The Morgan fingerprint density at radius 3 is 2.81 bits per heavy atom. The molecule has 1 aromatic carbocycles. The highest BCUT2D eigenvalue weighted by molar-refractivity contribution is 5.86. The average Bonchev–Trinajstić information content (AvgIpc) is 3.17. The molecule has 0 fully saturated rings. The number of nitrogens with one attached hydrogen (secondary N) is 2. The molecule has 4 rings (SSSR count). The molecular formula is C20H19N5O. The van der Waals surface area contributed by atoms with Crippen LogP contribution in [0, 0.1) is 0 Å². The van der Waals surface area contributed by atoms with E-state index in [1.807, 2.05) is 42.7 Å². The number of benzene rings is 1. The Balaban J connectivity index is 1.42. The summed E-state index contributed by atoms with van der Waals surface area (Å²) in [5, 5.41) is 4.43. The molecule has 130 valence electrons. The first-order chi connectivity index (χ1) is 12.8. The molecule has 0 aliphatic heterocycles. The molecule has 1 atom stereocenters. The molecule has 0 bridgehead atoms. The summed E-state index contributed by atoms with van der Waals surface area (Å²) in [6.07, 6.45) is 6.99. The monoisotopic (exact) mass is 345 g/mol. The highest BCUT2D eigenvalue weighted by Gasteiger charge is 2.10. The number of H-pyrrole nitrogens is 1.